The van der Waals surface area contributed by atoms with E-state index in [0.717, 1.165) is 11.1 Å². The molecule has 0 atom stereocenters. The molecule has 0 aliphatic heterocycles. The molecule has 7 nitrogen and oxygen atoms in total. The first-order valence-corrected chi connectivity index (χ1v) is 12.3. The van der Waals surface area contributed by atoms with Gasteiger partial charge in [0.2, 0.25) is 5.91 Å². The molecule has 0 aliphatic rings. The lowest BCUT2D eigenvalue weighted by Crippen LogP contribution is -2.17. The summed E-state index contributed by atoms with van der Waals surface area (Å²) < 4.78 is 34.4. The topological polar surface area (TPSA) is 115 Å². The van der Waals surface area contributed by atoms with Gasteiger partial charge in [0.1, 0.15) is 10.4 Å². The fourth-order valence-corrected chi connectivity index (χ4v) is 5.80. The molecule has 4 aromatic rings. The highest BCUT2D eigenvalue weighted by Gasteiger charge is 2.25. The molecule has 0 bridgehead atoms. The van der Waals surface area contributed by atoms with Crippen molar-refractivity contribution < 1.29 is 17.6 Å². The number of carbonyl (C=O) groups excluding carboxylic acids is 1. The van der Waals surface area contributed by atoms with E-state index in [9.17, 15) is 13.2 Å². The van der Waals surface area contributed by atoms with Gasteiger partial charge in [-0.1, -0.05) is 48.0 Å². The van der Waals surface area contributed by atoms with Crippen LogP contribution in [0.3, 0.4) is 0 Å². The zero-order valence-electron chi connectivity index (χ0n) is 16.8. The molecule has 0 aliphatic carbocycles. The highest BCUT2D eigenvalue weighted by molar-refractivity contribution is 7.99. The number of aromatic nitrogens is 1. The molecule has 4 rings (SSSR count). The summed E-state index contributed by atoms with van der Waals surface area (Å²) in [6, 6.07) is 17.3. The number of hydrogen-bond acceptors (Lipinski definition) is 6. The Morgan fingerprint density at radius 3 is 2.62 bits per heavy atom. The number of nitrogens with two attached hydrogens (primary N) is 1. The Hall–Kier alpha value is -3.01. The highest BCUT2D eigenvalue weighted by atomic mass is 35.5. The maximum Gasteiger partial charge on any atom is 0.309 e. The number of aryl methyl sites for hydroxylation is 1. The third-order valence-electron chi connectivity index (χ3n) is 4.59. The predicted molar refractivity (Wildman–Crippen MR) is 126 cm³/mol. The van der Waals surface area contributed by atoms with Gasteiger partial charge in [0, 0.05) is 10.6 Å². The van der Waals surface area contributed by atoms with E-state index >= 15 is 0 Å². The Bertz CT molecular complexity index is 1420. The molecule has 164 valence electrons. The van der Waals surface area contributed by atoms with Gasteiger partial charge in [-0.3, -0.25) is 4.79 Å². The van der Waals surface area contributed by atoms with Gasteiger partial charge in [0.15, 0.2) is 5.58 Å². The van der Waals surface area contributed by atoms with Crippen molar-refractivity contribution in [3.8, 4) is 0 Å². The largest absolute Gasteiger partial charge is 0.423 e. The summed E-state index contributed by atoms with van der Waals surface area (Å²) in [7, 11) is -4.17. The molecular formula is C22H18ClN3O4S2. The lowest BCUT2D eigenvalue weighted by atomic mass is 10.2. The van der Waals surface area contributed by atoms with E-state index in [1.807, 2.05) is 43.3 Å². The number of thioether (sulfide) groups is 1. The zero-order chi connectivity index (χ0) is 22.9. The molecule has 3 aromatic carbocycles. The summed E-state index contributed by atoms with van der Waals surface area (Å²) in [5, 5.41) is 0.0735. The molecule has 1 heterocycles. The summed E-state index contributed by atoms with van der Waals surface area (Å²) >= 11 is 7.47. The number of nitrogens with one attached hydrogen (secondary N) is 1. The van der Waals surface area contributed by atoms with E-state index < -0.39 is 15.9 Å². The number of halogens is 1. The number of hydrogen-bond donors (Lipinski definition) is 2. The van der Waals surface area contributed by atoms with Crippen LogP contribution in [0.4, 0.5) is 6.01 Å². The maximum absolute atomic E-state index is 13.2. The summed E-state index contributed by atoms with van der Waals surface area (Å²) in [6.45, 7) is 1.90. The average molecular weight is 488 g/mol. The summed E-state index contributed by atoms with van der Waals surface area (Å²) in [4.78, 5) is 16.2. The second kappa shape index (κ2) is 8.85. The molecule has 1 aromatic heterocycles. The number of carbonyl (C=O) groups is 1. The molecule has 10 heteroatoms. The molecule has 0 unspecified atom stereocenters. The number of primary amides is 1. The van der Waals surface area contributed by atoms with Crippen molar-refractivity contribution in [1.29, 1.82) is 0 Å². The first kappa shape index (κ1) is 22.2. The number of nitrogens with zero attached hydrogens (tertiary/aromatic N) is 1. The highest BCUT2D eigenvalue weighted by Crippen LogP contribution is 2.35. The van der Waals surface area contributed by atoms with Crippen LogP contribution >= 0.6 is 23.4 Å². The molecule has 32 heavy (non-hydrogen) atoms. The number of benzene rings is 3. The van der Waals surface area contributed by atoms with Gasteiger partial charge in [-0.15, -0.1) is 11.8 Å². The van der Waals surface area contributed by atoms with Gasteiger partial charge >= 0.3 is 6.01 Å². The van der Waals surface area contributed by atoms with Gasteiger partial charge in [-0.2, -0.15) is 4.98 Å². The van der Waals surface area contributed by atoms with Crippen molar-refractivity contribution in [1.82, 2.24) is 4.98 Å². The lowest BCUT2D eigenvalue weighted by Gasteiger charge is -2.13. The van der Waals surface area contributed by atoms with Crippen LogP contribution in [0.15, 0.2) is 74.9 Å². The minimum atomic E-state index is -4.17. The molecule has 0 fully saturated rings. The summed E-state index contributed by atoms with van der Waals surface area (Å²) in [5.41, 5.74) is 8.22. The normalized spacial score (nSPS) is 11.6. The zero-order valence-corrected chi connectivity index (χ0v) is 19.2. The van der Waals surface area contributed by atoms with Crippen LogP contribution in [-0.4, -0.2) is 19.3 Å². The van der Waals surface area contributed by atoms with E-state index in [0.29, 0.717) is 21.7 Å². The third-order valence-corrected chi connectivity index (χ3v) is 7.52. The van der Waals surface area contributed by atoms with E-state index in [2.05, 4.69) is 9.71 Å². The van der Waals surface area contributed by atoms with Crippen LogP contribution in [0.2, 0.25) is 5.02 Å². The summed E-state index contributed by atoms with van der Waals surface area (Å²) in [5.74, 6) is -0.332. The Labute approximate surface area is 194 Å². The van der Waals surface area contributed by atoms with E-state index in [1.54, 1.807) is 12.1 Å². The second-order valence-corrected chi connectivity index (χ2v) is 10.1. The van der Waals surface area contributed by atoms with Crippen LogP contribution in [0.25, 0.3) is 11.1 Å². The number of sulfonamides is 1. The van der Waals surface area contributed by atoms with Crippen molar-refractivity contribution in [2.24, 2.45) is 5.73 Å². The second-order valence-electron chi connectivity index (χ2n) is 7.01. The number of rotatable bonds is 7. The number of anilines is 1. The molecule has 1 amide bonds. The van der Waals surface area contributed by atoms with Gasteiger partial charge in [-0.25, -0.2) is 13.1 Å². The maximum atomic E-state index is 13.2. The average Bonchev–Trinajstić information content (AvgIpc) is 3.13. The third kappa shape index (κ3) is 4.74. The van der Waals surface area contributed by atoms with Crippen LogP contribution < -0.4 is 10.5 Å². The minimum absolute atomic E-state index is 0.0735. The van der Waals surface area contributed by atoms with Gasteiger partial charge in [0.05, 0.1) is 10.6 Å². The quantitative estimate of drug-likeness (QED) is 0.355. The molecule has 0 saturated heterocycles. The fourth-order valence-electron chi connectivity index (χ4n) is 3.03. The SMILES string of the molecule is Cc1ccc2oc(NS(=O)(=O)c3cc(C(N)=O)c(Cl)cc3SCc3ccccc3)nc2c1. The molecular weight excluding hydrogens is 470 g/mol. The first-order chi connectivity index (χ1) is 15.2. The van der Waals surface area contributed by atoms with Crippen LogP contribution in [0.1, 0.15) is 21.5 Å². The Balaban J connectivity index is 1.72. The molecule has 0 spiro atoms. The number of amides is 1. The van der Waals surface area contributed by atoms with E-state index in [-0.39, 0.29) is 21.5 Å². The number of fused-ring (bicyclic) bond motifs is 1. The van der Waals surface area contributed by atoms with Crippen molar-refractivity contribution in [3.05, 3.63) is 82.4 Å². The van der Waals surface area contributed by atoms with Crippen molar-refractivity contribution in [2.45, 2.75) is 22.5 Å². The van der Waals surface area contributed by atoms with E-state index in [1.165, 1.54) is 23.9 Å². The van der Waals surface area contributed by atoms with E-state index in [4.69, 9.17) is 21.8 Å². The fraction of sp³-hybridized carbons (Fsp3) is 0.0909. The minimum Gasteiger partial charge on any atom is -0.423 e. The van der Waals surface area contributed by atoms with Crippen molar-refractivity contribution in [3.63, 3.8) is 0 Å². The monoisotopic (exact) mass is 487 g/mol. The Morgan fingerprint density at radius 1 is 1.16 bits per heavy atom. The van der Waals surface area contributed by atoms with Crippen molar-refractivity contribution >= 4 is 56.4 Å². The Kier molecular flexibility index (Phi) is 6.14. The van der Waals surface area contributed by atoms with Crippen LogP contribution in [-0.2, 0) is 15.8 Å². The standard InChI is InChI=1S/C22H18ClN3O4S2/c1-13-7-8-18-17(9-13)25-22(30-18)26-32(28,29)20-10-15(21(24)27)16(23)11-19(20)31-12-14-5-3-2-4-6-14/h2-11H,12H2,1H3,(H2,24,27)(H,25,26). The molecule has 3 N–H and O–H groups in total. The van der Waals surface area contributed by atoms with Gasteiger partial charge in [-0.05, 0) is 42.3 Å². The van der Waals surface area contributed by atoms with Gasteiger partial charge < -0.3 is 10.2 Å². The number of oxazole rings is 1. The van der Waals surface area contributed by atoms with Crippen LogP contribution in [0.5, 0.6) is 0 Å². The van der Waals surface area contributed by atoms with Crippen molar-refractivity contribution in [2.75, 3.05) is 4.72 Å². The Morgan fingerprint density at radius 2 is 1.91 bits per heavy atom. The predicted octanol–water partition coefficient (Wildman–Crippen LogP) is 4.98. The smallest absolute Gasteiger partial charge is 0.309 e. The summed E-state index contributed by atoms with van der Waals surface area (Å²) in [6.07, 6.45) is 0. The molecule has 0 radical (unpaired) electrons. The van der Waals surface area contributed by atoms with Gasteiger partial charge in [0.25, 0.3) is 10.0 Å². The first-order valence-electron chi connectivity index (χ1n) is 9.43. The molecule has 0 saturated carbocycles. The lowest BCUT2D eigenvalue weighted by molar-refractivity contribution is 0.1000. The van der Waals surface area contributed by atoms with Crippen LogP contribution in [0, 0.1) is 6.92 Å².